The van der Waals surface area contributed by atoms with Crippen LogP contribution in [-0.2, 0) is 0 Å². The standard InChI is InChI=1S/C16H24N4/c17-12-11-16(19-13-18)20(14-7-3-1-4-8-14)15-9-5-2-6-10-15/h14-15H,1-11H2/p+1. The van der Waals surface area contributed by atoms with Gasteiger partial charge >= 0.3 is 0 Å². The summed E-state index contributed by atoms with van der Waals surface area (Å²) in [7, 11) is 0. The first-order chi connectivity index (χ1) is 9.86. The quantitative estimate of drug-likeness (QED) is 0.283. The Balaban J connectivity index is 2.27. The SMILES string of the molecule is N#CCC(NC#N)=[N+](C1CCCCC1)C1CCCCC1. The number of amidine groups is 1. The number of rotatable bonds is 3. The fraction of sp³-hybridized carbons (Fsp3) is 0.812. The maximum atomic E-state index is 9.06. The molecular formula is C16H25N4+. The van der Waals surface area contributed by atoms with Crippen molar-refractivity contribution >= 4 is 5.84 Å². The van der Waals surface area contributed by atoms with E-state index in [4.69, 9.17) is 10.5 Å². The molecule has 0 aromatic carbocycles. The van der Waals surface area contributed by atoms with Crippen LogP contribution in [0.5, 0.6) is 0 Å². The Kier molecular flexibility index (Phi) is 5.87. The van der Waals surface area contributed by atoms with Crippen LogP contribution >= 0.6 is 0 Å². The van der Waals surface area contributed by atoms with Crippen molar-refractivity contribution in [3.8, 4) is 12.3 Å². The van der Waals surface area contributed by atoms with Gasteiger partial charge in [-0.3, -0.25) is 4.58 Å². The van der Waals surface area contributed by atoms with Crippen LogP contribution < -0.4 is 5.32 Å². The van der Waals surface area contributed by atoms with Gasteiger partial charge in [0, 0.05) is 0 Å². The fourth-order valence-electron chi connectivity index (χ4n) is 3.80. The highest BCUT2D eigenvalue weighted by atomic mass is 15.2. The average Bonchev–Trinajstić information content (AvgIpc) is 2.50. The molecule has 2 aliphatic rings. The first-order valence-electron chi connectivity index (χ1n) is 8.03. The van der Waals surface area contributed by atoms with Gasteiger partial charge < -0.3 is 0 Å². The topological polar surface area (TPSA) is 62.6 Å². The molecule has 0 aromatic rings. The third-order valence-corrected chi connectivity index (χ3v) is 4.69. The number of nitrogens with zero attached hydrogens (tertiary/aromatic N) is 3. The molecule has 4 heteroatoms. The van der Waals surface area contributed by atoms with Crippen LogP contribution in [0.3, 0.4) is 0 Å². The second-order valence-corrected chi connectivity index (χ2v) is 6.01. The summed E-state index contributed by atoms with van der Waals surface area (Å²) >= 11 is 0. The molecule has 2 aliphatic carbocycles. The Morgan fingerprint density at radius 1 is 0.900 bits per heavy atom. The Labute approximate surface area is 122 Å². The van der Waals surface area contributed by atoms with Crippen molar-refractivity contribution < 1.29 is 4.58 Å². The predicted molar refractivity (Wildman–Crippen MR) is 78.0 cm³/mol. The van der Waals surface area contributed by atoms with Crippen molar-refractivity contribution in [2.45, 2.75) is 82.7 Å². The molecule has 2 saturated carbocycles. The Morgan fingerprint density at radius 3 is 1.80 bits per heavy atom. The van der Waals surface area contributed by atoms with Crippen LogP contribution in [0, 0.1) is 22.8 Å². The van der Waals surface area contributed by atoms with Crippen LogP contribution in [0.1, 0.15) is 70.6 Å². The summed E-state index contributed by atoms with van der Waals surface area (Å²) in [4.78, 5) is 0. The summed E-state index contributed by atoms with van der Waals surface area (Å²) in [6.45, 7) is 0. The van der Waals surface area contributed by atoms with E-state index in [-0.39, 0.29) is 0 Å². The lowest BCUT2D eigenvalue weighted by Crippen LogP contribution is -2.45. The summed E-state index contributed by atoms with van der Waals surface area (Å²) < 4.78 is 2.42. The maximum Gasteiger partial charge on any atom is 0.288 e. The number of nitrogens with one attached hydrogen (secondary N) is 1. The van der Waals surface area contributed by atoms with Crippen molar-refractivity contribution in [3.05, 3.63) is 0 Å². The van der Waals surface area contributed by atoms with E-state index in [2.05, 4.69) is 16.0 Å². The lowest BCUT2D eigenvalue weighted by atomic mass is 9.89. The van der Waals surface area contributed by atoms with Gasteiger partial charge in [0.2, 0.25) is 0 Å². The molecular weight excluding hydrogens is 248 g/mol. The van der Waals surface area contributed by atoms with E-state index in [9.17, 15) is 0 Å². The van der Waals surface area contributed by atoms with Crippen LogP contribution in [-0.4, -0.2) is 22.5 Å². The summed E-state index contributed by atoms with van der Waals surface area (Å²) in [5.74, 6) is 0.841. The van der Waals surface area contributed by atoms with E-state index in [1.165, 1.54) is 64.2 Å². The minimum atomic E-state index is 0.320. The van der Waals surface area contributed by atoms with E-state index in [1.54, 1.807) is 0 Å². The number of nitriles is 2. The smallest absolute Gasteiger partial charge is 0.259 e. The highest BCUT2D eigenvalue weighted by Gasteiger charge is 2.31. The third-order valence-electron chi connectivity index (χ3n) is 4.69. The fourth-order valence-corrected chi connectivity index (χ4v) is 3.80. The monoisotopic (exact) mass is 273 g/mol. The van der Waals surface area contributed by atoms with Gasteiger partial charge in [-0.15, -0.1) is 5.26 Å². The van der Waals surface area contributed by atoms with Crippen molar-refractivity contribution in [1.82, 2.24) is 5.32 Å². The first-order valence-corrected chi connectivity index (χ1v) is 8.03. The lowest BCUT2D eigenvalue weighted by molar-refractivity contribution is -0.609. The molecule has 0 aromatic heterocycles. The van der Waals surface area contributed by atoms with Crippen LogP contribution in [0.25, 0.3) is 0 Å². The lowest BCUT2D eigenvalue weighted by Gasteiger charge is -2.32. The van der Waals surface area contributed by atoms with Gasteiger partial charge in [-0.25, -0.2) is 0 Å². The molecule has 0 amide bonds. The molecule has 2 fully saturated rings. The molecule has 2 rings (SSSR count). The molecule has 0 heterocycles. The van der Waals surface area contributed by atoms with Crippen molar-refractivity contribution in [3.63, 3.8) is 0 Å². The zero-order valence-corrected chi connectivity index (χ0v) is 12.3. The zero-order chi connectivity index (χ0) is 14.2. The Morgan fingerprint density at radius 2 is 1.40 bits per heavy atom. The Bertz CT molecular complexity index is 377. The number of hydrogen-bond acceptors (Lipinski definition) is 2. The van der Waals surface area contributed by atoms with Crippen LogP contribution in [0.2, 0.25) is 0 Å². The minimum absolute atomic E-state index is 0.320. The largest absolute Gasteiger partial charge is 0.288 e. The Hall–Kier alpha value is -1.55. The maximum absolute atomic E-state index is 9.06. The molecule has 20 heavy (non-hydrogen) atoms. The highest BCUT2D eigenvalue weighted by molar-refractivity contribution is 5.80. The van der Waals surface area contributed by atoms with Gasteiger partial charge in [-0.1, -0.05) is 12.8 Å². The van der Waals surface area contributed by atoms with Gasteiger partial charge in [0.05, 0.1) is 18.2 Å². The third kappa shape index (κ3) is 3.73. The van der Waals surface area contributed by atoms with Gasteiger partial charge in [0.1, 0.15) is 6.42 Å². The van der Waals surface area contributed by atoms with E-state index in [1.807, 2.05) is 6.19 Å². The summed E-state index contributed by atoms with van der Waals surface area (Å²) in [5.41, 5.74) is 0. The molecule has 0 spiro atoms. The second-order valence-electron chi connectivity index (χ2n) is 6.01. The van der Waals surface area contributed by atoms with Gasteiger partial charge in [-0.2, -0.15) is 10.6 Å². The van der Waals surface area contributed by atoms with E-state index >= 15 is 0 Å². The molecule has 0 aliphatic heterocycles. The number of hydrogen-bond donors (Lipinski definition) is 1. The summed E-state index contributed by atoms with van der Waals surface area (Å²) in [5, 5.41) is 20.9. The second kappa shape index (κ2) is 7.90. The van der Waals surface area contributed by atoms with E-state index < -0.39 is 0 Å². The molecule has 108 valence electrons. The average molecular weight is 273 g/mol. The summed E-state index contributed by atoms with van der Waals surface area (Å²) in [6, 6.07) is 3.27. The van der Waals surface area contributed by atoms with Gasteiger partial charge in [0.25, 0.3) is 12.0 Å². The van der Waals surface area contributed by atoms with Gasteiger partial charge in [0.15, 0.2) is 0 Å². The molecule has 1 N–H and O–H groups in total. The molecule has 0 bridgehead atoms. The molecule has 0 radical (unpaired) electrons. The van der Waals surface area contributed by atoms with Gasteiger partial charge in [-0.05, 0) is 51.4 Å². The molecule has 4 nitrogen and oxygen atoms in total. The molecule has 0 atom stereocenters. The van der Waals surface area contributed by atoms with Crippen LogP contribution in [0.15, 0.2) is 0 Å². The van der Waals surface area contributed by atoms with Crippen molar-refractivity contribution in [2.24, 2.45) is 0 Å². The van der Waals surface area contributed by atoms with Crippen molar-refractivity contribution in [1.29, 1.82) is 10.5 Å². The summed E-state index contributed by atoms with van der Waals surface area (Å²) in [6.07, 6.45) is 14.9. The molecule has 0 unspecified atom stereocenters. The van der Waals surface area contributed by atoms with E-state index in [0.29, 0.717) is 18.5 Å². The van der Waals surface area contributed by atoms with Crippen LogP contribution in [0.4, 0.5) is 0 Å². The highest BCUT2D eigenvalue weighted by Crippen LogP contribution is 2.27. The van der Waals surface area contributed by atoms with E-state index in [0.717, 1.165) is 5.84 Å². The first kappa shape index (κ1) is 14.9. The zero-order valence-electron chi connectivity index (χ0n) is 12.3. The predicted octanol–water partition coefficient (Wildman–Crippen LogP) is 3.05. The van der Waals surface area contributed by atoms with Crippen molar-refractivity contribution in [2.75, 3.05) is 0 Å². The minimum Gasteiger partial charge on any atom is -0.259 e. The normalized spacial score (nSPS) is 20.7. The molecule has 0 saturated heterocycles.